The lowest BCUT2D eigenvalue weighted by Crippen LogP contribution is -1.94. The van der Waals surface area contributed by atoms with Crippen LogP contribution in [0, 0.1) is 0 Å². The van der Waals surface area contributed by atoms with Gasteiger partial charge in [0.1, 0.15) is 0 Å². The largest absolute Gasteiger partial charge is 0.256 e. The Morgan fingerprint density at radius 1 is 0.241 bits per heavy atom. The van der Waals surface area contributed by atoms with Gasteiger partial charge in [-0.25, -0.2) is 0 Å². The molecule has 0 amide bonds. The molecule has 268 valence electrons. The van der Waals surface area contributed by atoms with Gasteiger partial charge < -0.3 is 0 Å². The van der Waals surface area contributed by atoms with Gasteiger partial charge in [-0.15, -0.1) is 0 Å². The van der Waals surface area contributed by atoms with Crippen LogP contribution in [0.3, 0.4) is 0 Å². The molecule has 0 N–H and O–H groups in total. The number of hydrogen-bond acceptors (Lipinski definition) is 1. The first-order chi connectivity index (χ1) is 28.7. The fourth-order valence-corrected chi connectivity index (χ4v) is 9.50. The first kappa shape index (κ1) is 32.6. The minimum absolute atomic E-state index is 1.03. The van der Waals surface area contributed by atoms with Crippen LogP contribution in [0.1, 0.15) is 0 Å². The molecule has 1 heterocycles. The number of nitrogens with zero attached hydrogens (tertiary/aromatic N) is 1. The van der Waals surface area contributed by atoms with E-state index in [0.29, 0.717) is 0 Å². The molecule has 0 aliphatic heterocycles. The zero-order valence-corrected chi connectivity index (χ0v) is 31.7. The van der Waals surface area contributed by atoms with Crippen LogP contribution in [0.5, 0.6) is 0 Å². The topological polar surface area (TPSA) is 12.9 Å². The van der Waals surface area contributed by atoms with E-state index in [9.17, 15) is 0 Å². The second-order valence-electron chi connectivity index (χ2n) is 15.5. The molecule has 1 aromatic heterocycles. The molecule has 0 bridgehead atoms. The molecule has 0 fully saturated rings. The molecule has 0 spiro atoms. The molecule has 0 saturated heterocycles. The number of benzene rings is 11. The minimum atomic E-state index is 1.03. The second kappa shape index (κ2) is 13.0. The van der Waals surface area contributed by atoms with Crippen LogP contribution < -0.4 is 0 Å². The van der Waals surface area contributed by atoms with Crippen LogP contribution in [-0.2, 0) is 0 Å². The van der Waals surface area contributed by atoms with Crippen LogP contribution >= 0.6 is 0 Å². The third kappa shape index (κ3) is 5.14. The summed E-state index contributed by atoms with van der Waals surface area (Å²) in [5, 5.41) is 15.9. The van der Waals surface area contributed by atoms with Gasteiger partial charge in [-0.3, -0.25) is 4.98 Å². The Morgan fingerprint density at radius 2 is 0.741 bits per heavy atom. The average molecular weight is 734 g/mol. The number of aromatic nitrogens is 1. The Hall–Kier alpha value is -7.61. The molecule has 11 aromatic carbocycles. The molecule has 1 heteroatoms. The third-order valence-electron chi connectivity index (χ3n) is 12.2. The highest BCUT2D eigenvalue weighted by Gasteiger charge is 2.20. The number of hydrogen-bond donors (Lipinski definition) is 0. The van der Waals surface area contributed by atoms with Crippen LogP contribution in [0.15, 0.2) is 212 Å². The van der Waals surface area contributed by atoms with E-state index in [0.717, 1.165) is 10.9 Å². The summed E-state index contributed by atoms with van der Waals surface area (Å²) in [6.45, 7) is 0. The molecular formula is C57H35N. The van der Waals surface area contributed by atoms with Crippen LogP contribution in [0.2, 0.25) is 0 Å². The Labute approximate surface area is 336 Å². The number of fused-ring (bicyclic) bond motifs is 8. The van der Waals surface area contributed by atoms with Crippen molar-refractivity contribution >= 4 is 75.5 Å². The van der Waals surface area contributed by atoms with Gasteiger partial charge in [-0.2, -0.15) is 0 Å². The van der Waals surface area contributed by atoms with Gasteiger partial charge in [-0.05, 0) is 140 Å². The fourth-order valence-electron chi connectivity index (χ4n) is 9.50. The first-order valence-electron chi connectivity index (χ1n) is 20.0. The Balaban J connectivity index is 1.23. The van der Waals surface area contributed by atoms with E-state index < -0.39 is 0 Å². The van der Waals surface area contributed by atoms with Crippen LogP contribution in [0.4, 0.5) is 0 Å². The molecular weight excluding hydrogens is 699 g/mol. The van der Waals surface area contributed by atoms with E-state index in [-0.39, 0.29) is 0 Å². The molecule has 0 aliphatic rings. The maximum absolute atomic E-state index is 4.92. The molecule has 1 nitrogen and oxygen atoms in total. The van der Waals surface area contributed by atoms with Crippen LogP contribution in [-0.4, -0.2) is 4.98 Å². The van der Waals surface area contributed by atoms with Crippen molar-refractivity contribution in [3.8, 4) is 44.5 Å². The summed E-state index contributed by atoms with van der Waals surface area (Å²) in [5.74, 6) is 0. The van der Waals surface area contributed by atoms with Crippen molar-refractivity contribution in [2.24, 2.45) is 0 Å². The van der Waals surface area contributed by atoms with Crippen molar-refractivity contribution < 1.29 is 0 Å². The zero-order chi connectivity index (χ0) is 38.2. The molecule has 0 saturated carbocycles. The maximum atomic E-state index is 4.92. The molecule has 12 rings (SSSR count). The van der Waals surface area contributed by atoms with Gasteiger partial charge in [-0.1, -0.05) is 170 Å². The SMILES string of the molecule is c1ccc2cc(-c3c4ccc(-c5cc6ccccc6c6ncccc56)cc4c(-c4ccc5ccccc5c4)c4ccc(-c5cccc6ccccc56)cc34)ccc2c1. The molecule has 58 heavy (non-hydrogen) atoms. The average Bonchev–Trinajstić information content (AvgIpc) is 3.29. The Morgan fingerprint density at radius 3 is 1.40 bits per heavy atom. The minimum Gasteiger partial charge on any atom is -0.256 e. The van der Waals surface area contributed by atoms with Crippen molar-refractivity contribution in [3.63, 3.8) is 0 Å². The van der Waals surface area contributed by atoms with E-state index in [4.69, 9.17) is 4.98 Å². The lowest BCUT2D eigenvalue weighted by Gasteiger charge is -2.21. The van der Waals surface area contributed by atoms with Gasteiger partial charge in [0.05, 0.1) is 5.52 Å². The fraction of sp³-hybridized carbons (Fsp3) is 0. The summed E-state index contributed by atoms with van der Waals surface area (Å²) in [6, 6.07) is 76.2. The van der Waals surface area contributed by atoms with Crippen molar-refractivity contribution in [1.82, 2.24) is 4.98 Å². The highest BCUT2D eigenvalue weighted by molar-refractivity contribution is 6.24. The van der Waals surface area contributed by atoms with Crippen molar-refractivity contribution in [2.45, 2.75) is 0 Å². The molecule has 0 unspecified atom stereocenters. The van der Waals surface area contributed by atoms with Crippen molar-refractivity contribution in [2.75, 3.05) is 0 Å². The summed E-state index contributed by atoms with van der Waals surface area (Å²) >= 11 is 0. The molecule has 0 atom stereocenters. The molecule has 0 radical (unpaired) electrons. The van der Waals surface area contributed by atoms with Gasteiger partial charge in [0.25, 0.3) is 0 Å². The Bertz CT molecular complexity index is 3630. The highest BCUT2D eigenvalue weighted by Crippen LogP contribution is 2.48. The molecule has 0 aliphatic carbocycles. The quantitative estimate of drug-likeness (QED) is 0.130. The highest BCUT2D eigenvalue weighted by atomic mass is 14.6. The second-order valence-corrected chi connectivity index (χ2v) is 15.5. The lowest BCUT2D eigenvalue weighted by molar-refractivity contribution is 1.43. The standard InChI is InChI=1S/C57H35N/c1-3-14-39-31-44(24-22-36(39)11-1)55-50-29-27-43(52-33-41-16-6-8-19-48(41)57-51(52)21-10-30-58-57)35-54(50)56(45-25-23-37-12-2-4-15-40(37)32-45)49-28-26-42(34-53(49)55)47-20-9-17-38-13-5-7-18-46(38)47/h1-35H. The number of pyridine rings is 1. The van der Waals surface area contributed by atoms with Crippen molar-refractivity contribution in [1.29, 1.82) is 0 Å². The lowest BCUT2D eigenvalue weighted by atomic mass is 9.82. The normalized spacial score (nSPS) is 11.8. The molecule has 12 aromatic rings. The summed E-state index contributed by atoms with van der Waals surface area (Å²) in [5.41, 5.74) is 10.8. The summed E-state index contributed by atoms with van der Waals surface area (Å²) in [7, 11) is 0. The zero-order valence-electron chi connectivity index (χ0n) is 31.7. The van der Waals surface area contributed by atoms with Gasteiger partial charge in [0, 0.05) is 17.0 Å². The smallest absolute Gasteiger partial charge is 0.0786 e. The predicted octanol–water partition coefficient (Wildman–Crippen LogP) is 15.8. The Kier molecular flexibility index (Phi) is 7.30. The maximum Gasteiger partial charge on any atom is 0.0786 e. The van der Waals surface area contributed by atoms with E-state index >= 15 is 0 Å². The van der Waals surface area contributed by atoms with Gasteiger partial charge >= 0.3 is 0 Å². The first-order valence-corrected chi connectivity index (χ1v) is 20.0. The van der Waals surface area contributed by atoms with E-state index in [1.807, 2.05) is 6.20 Å². The van der Waals surface area contributed by atoms with Gasteiger partial charge in [0.15, 0.2) is 0 Å². The number of rotatable bonds is 4. The van der Waals surface area contributed by atoms with E-state index in [1.54, 1.807) is 0 Å². The van der Waals surface area contributed by atoms with E-state index in [1.165, 1.54) is 109 Å². The van der Waals surface area contributed by atoms with E-state index in [2.05, 4.69) is 206 Å². The summed E-state index contributed by atoms with van der Waals surface area (Å²) in [6.07, 6.45) is 1.91. The predicted molar refractivity (Wildman–Crippen MR) is 249 cm³/mol. The van der Waals surface area contributed by atoms with Crippen molar-refractivity contribution in [3.05, 3.63) is 212 Å². The third-order valence-corrected chi connectivity index (χ3v) is 12.2. The summed E-state index contributed by atoms with van der Waals surface area (Å²) < 4.78 is 0. The monoisotopic (exact) mass is 733 g/mol. The summed E-state index contributed by atoms with van der Waals surface area (Å²) in [4.78, 5) is 4.92. The van der Waals surface area contributed by atoms with Gasteiger partial charge in [0.2, 0.25) is 0 Å². The van der Waals surface area contributed by atoms with Crippen LogP contribution in [0.25, 0.3) is 120 Å².